The molecule has 1 heterocycles. The summed E-state index contributed by atoms with van der Waals surface area (Å²) < 4.78 is 36.3. The molecule has 150 valence electrons. The molecule has 0 spiro atoms. The van der Waals surface area contributed by atoms with E-state index in [2.05, 4.69) is 0 Å². The summed E-state index contributed by atoms with van der Waals surface area (Å²) in [5.41, 5.74) is 0. The first-order valence-electron chi connectivity index (χ1n) is 9.43. The van der Waals surface area contributed by atoms with E-state index in [4.69, 9.17) is 9.47 Å². The van der Waals surface area contributed by atoms with Crippen LogP contribution >= 0.6 is 0 Å². The fraction of sp³-hybridized carbons (Fsp3) is 0.381. The first-order chi connectivity index (χ1) is 13.5. The summed E-state index contributed by atoms with van der Waals surface area (Å²) in [6, 6.07) is 15.6. The number of rotatable bonds is 7. The molecule has 1 amide bonds. The van der Waals surface area contributed by atoms with Gasteiger partial charge in [-0.25, -0.2) is 8.42 Å². The molecule has 3 rings (SSSR count). The van der Waals surface area contributed by atoms with Gasteiger partial charge in [0.15, 0.2) is 16.4 Å². The topological polar surface area (TPSA) is 72.9 Å². The standard InChI is InChI=1S/C21H25NO5S/c1-2-26-17-8-10-18(11-9-17)27-16-21(23)22-14-12-20(13-15-22)28(24,25)19-6-4-3-5-7-19/h3-11,20H,2,12-16H2,1H3. The van der Waals surface area contributed by atoms with Gasteiger partial charge < -0.3 is 14.4 Å². The van der Waals surface area contributed by atoms with Gasteiger partial charge in [-0.1, -0.05) is 18.2 Å². The maximum absolute atomic E-state index is 12.7. The zero-order valence-corrected chi connectivity index (χ0v) is 16.7. The molecule has 0 N–H and O–H groups in total. The SMILES string of the molecule is CCOc1ccc(OCC(=O)N2CCC(S(=O)(=O)c3ccccc3)CC2)cc1. The number of hydrogen-bond acceptors (Lipinski definition) is 5. The van der Waals surface area contributed by atoms with E-state index in [9.17, 15) is 13.2 Å². The summed E-state index contributed by atoms with van der Waals surface area (Å²) in [5.74, 6) is 1.21. The Morgan fingerprint density at radius 2 is 1.54 bits per heavy atom. The van der Waals surface area contributed by atoms with Crippen molar-refractivity contribution in [2.45, 2.75) is 29.9 Å². The second kappa shape index (κ2) is 9.10. The molecule has 0 radical (unpaired) electrons. The van der Waals surface area contributed by atoms with Gasteiger partial charge in [-0.05, 0) is 56.2 Å². The number of carbonyl (C=O) groups is 1. The summed E-state index contributed by atoms with van der Waals surface area (Å²) in [4.78, 5) is 14.4. The highest BCUT2D eigenvalue weighted by Crippen LogP contribution is 2.24. The molecule has 1 fully saturated rings. The average Bonchev–Trinajstić information content (AvgIpc) is 2.74. The van der Waals surface area contributed by atoms with Gasteiger partial charge in [-0.2, -0.15) is 0 Å². The number of ether oxygens (including phenoxy) is 2. The monoisotopic (exact) mass is 403 g/mol. The van der Waals surface area contributed by atoms with Crippen LogP contribution in [0.25, 0.3) is 0 Å². The van der Waals surface area contributed by atoms with Crippen LogP contribution in [-0.4, -0.2) is 50.8 Å². The van der Waals surface area contributed by atoms with Gasteiger partial charge in [0, 0.05) is 13.1 Å². The van der Waals surface area contributed by atoms with Gasteiger partial charge >= 0.3 is 0 Å². The zero-order chi connectivity index (χ0) is 20.0. The number of piperidine rings is 1. The molecule has 1 aliphatic rings. The summed E-state index contributed by atoms with van der Waals surface area (Å²) in [6.07, 6.45) is 0.873. The van der Waals surface area contributed by atoms with Gasteiger partial charge in [0.25, 0.3) is 5.91 Å². The number of sulfone groups is 1. The van der Waals surface area contributed by atoms with Crippen molar-refractivity contribution < 1.29 is 22.7 Å². The molecule has 6 nitrogen and oxygen atoms in total. The van der Waals surface area contributed by atoms with Gasteiger partial charge in [-0.3, -0.25) is 4.79 Å². The lowest BCUT2D eigenvalue weighted by Gasteiger charge is -2.31. The fourth-order valence-corrected chi connectivity index (χ4v) is 5.01. The molecule has 0 saturated carbocycles. The van der Waals surface area contributed by atoms with Gasteiger partial charge in [-0.15, -0.1) is 0 Å². The van der Waals surface area contributed by atoms with Crippen LogP contribution in [0.4, 0.5) is 0 Å². The third-order valence-electron chi connectivity index (χ3n) is 4.80. The predicted molar refractivity (Wildman–Crippen MR) is 106 cm³/mol. The summed E-state index contributed by atoms with van der Waals surface area (Å²) >= 11 is 0. The minimum atomic E-state index is -3.36. The molecule has 0 aliphatic carbocycles. The number of likely N-dealkylation sites (tertiary alicyclic amines) is 1. The quantitative estimate of drug-likeness (QED) is 0.711. The van der Waals surface area contributed by atoms with E-state index in [-0.39, 0.29) is 12.5 Å². The van der Waals surface area contributed by atoms with Crippen LogP contribution in [-0.2, 0) is 14.6 Å². The Labute approximate surface area is 166 Å². The fourth-order valence-electron chi connectivity index (χ4n) is 3.25. The molecule has 0 aromatic heterocycles. The smallest absolute Gasteiger partial charge is 0.260 e. The molecule has 0 atom stereocenters. The second-order valence-electron chi connectivity index (χ2n) is 6.63. The molecule has 1 saturated heterocycles. The molecule has 0 unspecified atom stereocenters. The minimum Gasteiger partial charge on any atom is -0.494 e. The van der Waals surface area contributed by atoms with Gasteiger partial charge in [0.1, 0.15) is 11.5 Å². The minimum absolute atomic E-state index is 0.0654. The van der Waals surface area contributed by atoms with Crippen molar-refractivity contribution in [2.75, 3.05) is 26.3 Å². The maximum atomic E-state index is 12.7. The summed E-state index contributed by atoms with van der Waals surface area (Å²) in [5, 5.41) is -0.453. The van der Waals surface area contributed by atoms with Crippen molar-refractivity contribution >= 4 is 15.7 Å². The van der Waals surface area contributed by atoms with E-state index in [0.29, 0.717) is 43.2 Å². The highest BCUT2D eigenvalue weighted by atomic mass is 32.2. The second-order valence-corrected chi connectivity index (χ2v) is 8.86. The van der Waals surface area contributed by atoms with E-state index in [1.807, 2.05) is 6.92 Å². The van der Waals surface area contributed by atoms with Crippen LogP contribution in [0.1, 0.15) is 19.8 Å². The van der Waals surface area contributed by atoms with E-state index in [0.717, 1.165) is 5.75 Å². The lowest BCUT2D eigenvalue weighted by atomic mass is 10.1. The van der Waals surface area contributed by atoms with E-state index >= 15 is 0 Å². The van der Waals surface area contributed by atoms with Gasteiger partial charge in [0.05, 0.1) is 16.8 Å². The van der Waals surface area contributed by atoms with Crippen molar-refractivity contribution in [3.05, 3.63) is 54.6 Å². The lowest BCUT2D eigenvalue weighted by Crippen LogP contribution is -2.44. The number of hydrogen-bond donors (Lipinski definition) is 0. The Balaban J connectivity index is 1.50. The largest absolute Gasteiger partial charge is 0.494 e. The van der Waals surface area contributed by atoms with E-state index < -0.39 is 15.1 Å². The molecule has 1 aliphatic heterocycles. The third-order valence-corrected chi connectivity index (χ3v) is 7.08. The number of benzene rings is 2. The Bertz CT molecular complexity index is 873. The van der Waals surface area contributed by atoms with E-state index in [1.54, 1.807) is 59.5 Å². The Morgan fingerprint density at radius 3 is 2.11 bits per heavy atom. The van der Waals surface area contributed by atoms with E-state index in [1.165, 1.54) is 0 Å². The van der Waals surface area contributed by atoms with Crippen molar-refractivity contribution in [1.82, 2.24) is 4.90 Å². The molecular weight excluding hydrogens is 378 g/mol. The Morgan fingerprint density at radius 1 is 0.964 bits per heavy atom. The van der Waals surface area contributed by atoms with Gasteiger partial charge in [0.2, 0.25) is 0 Å². The van der Waals surface area contributed by atoms with Crippen LogP contribution in [0.3, 0.4) is 0 Å². The Hall–Kier alpha value is -2.54. The zero-order valence-electron chi connectivity index (χ0n) is 15.9. The molecule has 28 heavy (non-hydrogen) atoms. The molecule has 2 aromatic carbocycles. The first-order valence-corrected chi connectivity index (χ1v) is 11.0. The first kappa shape index (κ1) is 20.2. The van der Waals surface area contributed by atoms with Crippen LogP contribution in [0.5, 0.6) is 11.5 Å². The van der Waals surface area contributed by atoms with Crippen LogP contribution in [0.15, 0.2) is 59.5 Å². The summed E-state index contributed by atoms with van der Waals surface area (Å²) in [7, 11) is -3.36. The molecule has 0 bridgehead atoms. The van der Waals surface area contributed by atoms with Crippen molar-refractivity contribution in [1.29, 1.82) is 0 Å². The lowest BCUT2D eigenvalue weighted by molar-refractivity contribution is -0.134. The van der Waals surface area contributed by atoms with Crippen LogP contribution in [0, 0.1) is 0 Å². The third kappa shape index (κ3) is 4.84. The number of amides is 1. The number of nitrogens with zero attached hydrogens (tertiary/aromatic N) is 1. The maximum Gasteiger partial charge on any atom is 0.260 e. The highest BCUT2D eigenvalue weighted by molar-refractivity contribution is 7.92. The van der Waals surface area contributed by atoms with Crippen molar-refractivity contribution in [3.63, 3.8) is 0 Å². The van der Waals surface area contributed by atoms with Crippen LogP contribution < -0.4 is 9.47 Å². The van der Waals surface area contributed by atoms with Crippen LogP contribution in [0.2, 0.25) is 0 Å². The molecule has 2 aromatic rings. The van der Waals surface area contributed by atoms with Crippen molar-refractivity contribution in [2.24, 2.45) is 0 Å². The molecule has 7 heteroatoms. The Kier molecular flexibility index (Phi) is 6.57. The highest BCUT2D eigenvalue weighted by Gasteiger charge is 2.32. The average molecular weight is 404 g/mol. The molecular formula is C21H25NO5S. The van der Waals surface area contributed by atoms with Crippen molar-refractivity contribution in [3.8, 4) is 11.5 Å². The summed E-state index contributed by atoms with van der Waals surface area (Å²) in [6.45, 7) is 3.28. The predicted octanol–water partition coefficient (Wildman–Crippen LogP) is 2.93. The normalized spacial score (nSPS) is 15.2. The number of carbonyl (C=O) groups excluding carboxylic acids is 1.